The van der Waals surface area contributed by atoms with Gasteiger partial charge in [0.2, 0.25) is 0 Å². The molecule has 0 unspecified atom stereocenters. The van der Waals surface area contributed by atoms with Crippen LogP contribution in [0.4, 0.5) is 0 Å². The number of thiophene rings is 2. The van der Waals surface area contributed by atoms with Crippen molar-refractivity contribution in [2.75, 3.05) is 0 Å². The maximum Gasteiger partial charge on any atom is 0.286 e. The third-order valence-corrected chi connectivity index (χ3v) is 5.88. The molecule has 0 spiro atoms. The second-order valence-electron chi connectivity index (χ2n) is 4.19. The Morgan fingerprint density at radius 2 is 1.95 bits per heavy atom. The second-order valence-corrected chi connectivity index (χ2v) is 7.31. The summed E-state index contributed by atoms with van der Waals surface area (Å²) in [5.41, 5.74) is 3.39. The van der Waals surface area contributed by atoms with E-state index in [4.69, 9.17) is 28.0 Å². The summed E-state index contributed by atoms with van der Waals surface area (Å²) in [6, 6.07) is 11.4. The molecule has 0 bridgehead atoms. The van der Waals surface area contributed by atoms with Crippen molar-refractivity contribution >= 4 is 61.2 Å². The topological polar surface area (TPSA) is 38.3 Å². The van der Waals surface area contributed by atoms with Gasteiger partial charge in [-0.2, -0.15) is 0 Å². The molecule has 0 fully saturated rings. The van der Waals surface area contributed by atoms with Gasteiger partial charge in [0.15, 0.2) is 0 Å². The van der Waals surface area contributed by atoms with E-state index in [0.29, 0.717) is 20.8 Å². The van der Waals surface area contributed by atoms with Crippen molar-refractivity contribution in [3.63, 3.8) is 0 Å². The molecule has 0 radical (unpaired) electrons. The van der Waals surface area contributed by atoms with E-state index < -0.39 is 0 Å². The first-order valence-electron chi connectivity index (χ1n) is 5.98. The number of halogens is 2. The molecule has 2 heterocycles. The number of benzene rings is 1. The summed E-state index contributed by atoms with van der Waals surface area (Å²) < 4.78 is 2.40. The Morgan fingerprint density at radius 1 is 1.19 bits per heavy atom. The molecule has 0 aliphatic heterocycles. The second kappa shape index (κ2) is 6.34. The van der Waals surface area contributed by atoms with Crippen molar-refractivity contribution in [1.82, 2.24) is 5.48 Å². The van der Waals surface area contributed by atoms with Gasteiger partial charge in [0.25, 0.3) is 5.91 Å². The number of hydrogen-bond acceptors (Lipinski definition) is 4. The summed E-state index contributed by atoms with van der Waals surface area (Å²) in [7, 11) is 0. The number of fused-ring (bicyclic) bond motifs is 1. The van der Waals surface area contributed by atoms with Crippen LogP contribution < -0.4 is 5.48 Å². The van der Waals surface area contributed by atoms with Crippen LogP contribution in [0.5, 0.6) is 0 Å². The Balaban J connectivity index is 1.67. The average Bonchev–Trinajstić information content (AvgIpc) is 2.98. The number of amides is 1. The van der Waals surface area contributed by atoms with Crippen LogP contribution in [0, 0.1) is 0 Å². The van der Waals surface area contributed by atoms with Gasteiger partial charge in [-0.25, -0.2) is 5.48 Å². The lowest BCUT2D eigenvalue weighted by atomic mass is 10.2. The Bertz CT molecular complexity index is 783. The SMILES string of the molecule is O=C(NOCc1ccccc1)c1sc2cc(Cl)sc2c1Cl. The highest BCUT2D eigenvalue weighted by Gasteiger charge is 2.19. The number of hydrogen-bond donors (Lipinski definition) is 1. The summed E-state index contributed by atoms with van der Waals surface area (Å²) in [4.78, 5) is 17.7. The van der Waals surface area contributed by atoms with E-state index in [1.165, 1.54) is 22.7 Å². The van der Waals surface area contributed by atoms with Crippen LogP contribution in [-0.2, 0) is 11.4 Å². The standard InChI is InChI=1S/C14H9Cl2NO2S2/c15-10-6-9-12(21-10)11(16)13(20-9)14(18)17-19-7-8-4-2-1-3-5-8/h1-6H,7H2,(H,17,18). The van der Waals surface area contributed by atoms with Crippen LogP contribution in [0.1, 0.15) is 15.2 Å². The third kappa shape index (κ3) is 3.22. The predicted octanol–water partition coefficient (Wildman–Crippen LogP) is 5.13. The molecule has 3 aromatic rings. The first-order valence-corrected chi connectivity index (χ1v) is 8.37. The van der Waals surface area contributed by atoms with Gasteiger partial charge in [-0.1, -0.05) is 53.5 Å². The van der Waals surface area contributed by atoms with Crippen molar-refractivity contribution in [2.45, 2.75) is 6.61 Å². The fourth-order valence-corrected chi connectivity index (χ4v) is 4.69. The van der Waals surface area contributed by atoms with E-state index >= 15 is 0 Å². The maximum absolute atomic E-state index is 12.1. The summed E-state index contributed by atoms with van der Waals surface area (Å²) in [5, 5.41) is 0.424. The van der Waals surface area contributed by atoms with E-state index in [0.717, 1.165) is 15.0 Å². The van der Waals surface area contributed by atoms with Crippen LogP contribution in [0.3, 0.4) is 0 Å². The first-order chi connectivity index (χ1) is 10.1. The van der Waals surface area contributed by atoms with E-state index in [1.807, 2.05) is 30.3 Å². The molecule has 1 N–H and O–H groups in total. The molecule has 108 valence electrons. The summed E-state index contributed by atoms with van der Waals surface area (Å²) in [5.74, 6) is -0.347. The summed E-state index contributed by atoms with van der Waals surface area (Å²) in [6.07, 6.45) is 0. The minimum Gasteiger partial charge on any atom is -0.269 e. The van der Waals surface area contributed by atoms with Crippen molar-refractivity contribution in [3.8, 4) is 0 Å². The zero-order chi connectivity index (χ0) is 14.8. The van der Waals surface area contributed by atoms with Crippen LogP contribution in [0.2, 0.25) is 9.36 Å². The zero-order valence-electron chi connectivity index (χ0n) is 10.6. The van der Waals surface area contributed by atoms with Crippen molar-refractivity contribution in [3.05, 3.63) is 56.2 Å². The normalized spacial score (nSPS) is 11.0. The van der Waals surface area contributed by atoms with Gasteiger partial charge in [-0.3, -0.25) is 9.63 Å². The maximum atomic E-state index is 12.1. The largest absolute Gasteiger partial charge is 0.286 e. The van der Waals surface area contributed by atoms with Gasteiger partial charge in [-0.05, 0) is 11.6 Å². The van der Waals surface area contributed by atoms with Crippen molar-refractivity contribution in [1.29, 1.82) is 0 Å². The molecule has 21 heavy (non-hydrogen) atoms. The molecule has 0 saturated carbocycles. The molecule has 0 saturated heterocycles. The van der Waals surface area contributed by atoms with E-state index in [9.17, 15) is 4.79 Å². The molecule has 7 heteroatoms. The minimum atomic E-state index is -0.347. The van der Waals surface area contributed by atoms with Gasteiger partial charge in [0.05, 0.1) is 20.7 Å². The summed E-state index contributed by atoms with van der Waals surface area (Å²) >= 11 is 14.8. The molecule has 1 aromatic carbocycles. The molecule has 0 atom stereocenters. The Hall–Kier alpha value is -1.11. The Labute approximate surface area is 139 Å². The minimum absolute atomic E-state index is 0.301. The molecule has 1 amide bonds. The zero-order valence-corrected chi connectivity index (χ0v) is 13.7. The monoisotopic (exact) mass is 357 g/mol. The van der Waals surface area contributed by atoms with Crippen LogP contribution >= 0.6 is 45.9 Å². The molecule has 3 nitrogen and oxygen atoms in total. The Kier molecular flexibility index (Phi) is 4.47. The smallest absolute Gasteiger partial charge is 0.269 e. The fourth-order valence-electron chi connectivity index (χ4n) is 1.78. The number of hydroxylamine groups is 1. The molecule has 0 aliphatic rings. The highest BCUT2D eigenvalue weighted by Crippen LogP contribution is 2.42. The number of rotatable bonds is 4. The van der Waals surface area contributed by atoms with Gasteiger partial charge in [-0.15, -0.1) is 22.7 Å². The van der Waals surface area contributed by atoms with Crippen LogP contribution in [0.25, 0.3) is 9.40 Å². The molecule has 2 aromatic heterocycles. The van der Waals surface area contributed by atoms with Crippen molar-refractivity contribution in [2.24, 2.45) is 0 Å². The van der Waals surface area contributed by atoms with E-state index in [2.05, 4.69) is 5.48 Å². The number of carbonyl (C=O) groups excluding carboxylic acids is 1. The van der Waals surface area contributed by atoms with Crippen molar-refractivity contribution < 1.29 is 9.63 Å². The van der Waals surface area contributed by atoms with Crippen LogP contribution in [-0.4, -0.2) is 5.91 Å². The first kappa shape index (κ1) is 14.8. The molecular formula is C14H9Cl2NO2S2. The highest BCUT2D eigenvalue weighted by molar-refractivity contribution is 7.31. The number of carbonyl (C=O) groups is 1. The van der Waals surface area contributed by atoms with Gasteiger partial charge in [0, 0.05) is 4.70 Å². The number of nitrogens with one attached hydrogen (secondary N) is 1. The quantitative estimate of drug-likeness (QED) is 0.657. The average molecular weight is 358 g/mol. The van der Waals surface area contributed by atoms with E-state index in [-0.39, 0.29) is 5.91 Å². The highest BCUT2D eigenvalue weighted by atomic mass is 35.5. The summed E-state index contributed by atoms with van der Waals surface area (Å²) in [6.45, 7) is 0.301. The third-order valence-electron chi connectivity index (χ3n) is 2.73. The molecular weight excluding hydrogens is 349 g/mol. The van der Waals surface area contributed by atoms with Gasteiger partial charge < -0.3 is 0 Å². The Morgan fingerprint density at radius 3 is 2.67 bits per heavy atom. The van der Waals surface area contributed by atoms with Gasteiger partial charge >= 0.3 is 0 Å². The predicted molar refractivity (Wildman–Crippen MR) is 88.4 cm³/mol. The molecule has 0 aliphatic carbocycles. The van der Waals surface area contributed by atoms with Crippen LogP contribution in [0.15, 0.2) is 36.4 Å². The fraction of sp³-hybridized carbons (Fsp3) is 0.0714. The molecule has 3 rings (SSSR count). The lowest BCUT2D eigenvalue weighted by Crippen LogP contribution is -2.22. The lowest BCUT2D eigenvalue weighted by molar-refractivity contribution is 0.0237. The van der Waals surface area contributed by atoms with Gasteiger partial charge in [0.1, 0.15) is 4.88 Å². The van der Waals surface area contributed by atoms with E-state index in [1.54, 1.807) is 6.07 Å². The lowest BCUT2D eigenvalue weighted by Gasteiger charge is -2.05.